The highest BCUT2D eigenvalue weighted by atomic mass is 16.3. The van der Waals surface area contributed by atoms with Crippen molar-refractivity contribution in [1.82, 2.24) is 15.0 Å². The van der Waals surface area contributed by atoms with Gasteiger partial charge < -0.3 is 4.42 Å². The van der Waals surface area contributed by atoms with Gasteiger partial charge in [0.15, 0.2) is 17.5 Å². The third-order valence-electron chi connectivity index (χ3n) is 11.8. The summed E-state index contributed by atoms with van der Waals surface area (Å²) in [5.41, 5.74) is 16.7. The molecule has 2 heterocycles. The maximum Gasteiger partial charge on any atom is 0.164 e. The normalized spacial score (nSPS) is 12.8. The fourth-order valence-electron chi connectivity index (χ4n) is 8.84. The Morgan fingerprint density at radius 1 is 0.362 bits per heavy atom. The molecule has 0 bridgehead atoms. The van der Waals surface area contributed by atoms with E-state index in [1.807, 2.05) is 48.5 Å². The summed E-state index contributed by atoms with van der Waals surface area (Å²) in [5, 5.41) is 1.99. The maximum atomic E-state index is 6.49. The number of fused-ring (bicyclic) bond motifs is 6. The zero-order valence-electron chi connectivity index (χ0n) is 32.1. The Kier molecular flexibility index (Phi) is 7.80. The lowest BCUT2D eigenvalue weighted by Gasteiger charge is -2.21. The van der Waals surface area contributed by atoms with Gasteiger partial charge >= 0.3 is 0 Å². The summed E-state index contributed by atoms with van der Waals surface area (Å²) in [6.07, 6.45) is 0. The molecule has 1 aliphatic rings. The molecule has 0 unspecified atom stereocenters. The Morgan fingerprint density at radius 3 is 1.71 bits per heavy atom. The number of hydrogen-bond acceptors (Lipinski definition) is 4. The van der Waals surface area contributed by atoms with Crippen LogP contribution in [0.5, 0.6) is 0 Å². The second-order valence-electron chi connectivity index (χ2n) is 15.6. The first-order valence-corrected chi connectivity index (χ1v) is 19.8. The van der Waals surface area contributed by atoms with Crippen LogP contribution in [0.4, 0.5) is 0 Å². The Bertz CT molecular complexity index is 3180. The van der Waals surface area contributed by atoms with Crippen molar-refractivity contribution in [3.8, 4) is 78.7 Å². The third-order valence-corrected chi connectivity index (χ3v) is 11.8. The molecule has 4 nitrogen and oxygen atoms in total. The summed E-state index contributed by atoms with van der Waals surface area (Å²) in [6, 6.07) is 66.1. The van der Waals surface area contributed by atoms with Crippen LogP contribution in [0, 0.1) is 0 Å². The first kappa shape index (κ1) is 33.9. The van der Waals surface area contributed by atoms with Crippen molar-refractivity contribution in [2.45, 2.75) is 19.3 Å². The Labute approximate surface area is 337 Å². The minimum Gasteiger partial charge on any atom is -0.456 e. The van der Waals surface area contributed by atoms with Crippen LogP contribution in [0.3, 0.4) is 0 Å². The number of aromatic nitrogens is 3. The summed E-state index contributed by atoms with van der Waals surface area (Å²) in [7, 11) is 0. The average Bonchev–Trinajstić information content (AvgIpc) is 3.78. The van der Waals surface area contributed by atoms with Crippen molar-refractivity contribution in [2.75, 3.05) is 0 Å². The Morgan fingerprint density at radius 2 is 0.897 bits per heavy atom. The van der Waals surface area contributed by atoms with Crippen molar-refractivity contribution < 1.29 is 4.42 Å². The molecule has 0 aliphatic heterocycles. The van der Waals surface area contributed by atoms with E-state index in [9.17, 15) is 0 Å². The number of furan rings is 1. The van der Waals surface area contributed by atoms with Crippen LogP contribution in [0.15, 0.2) is 192 Å². The van der Waals surface area contributed by atoms with Crippen molar-refractivity contribution in [2.24, 2.45) is 0 Å². The van der Waals surface area contributed by atoms with Gasteiger partial charge in [-0.3, -0.25) is 0 Å². The van der Waals surface area contributed by atoms with Gasteiger partial charge in [0.1, 0.15) is 11.2 Å². The smallest absolute Gasteiger partial charge is 0.164 e. The summed E-state index contributed by atoms with van der Waals surface area (Å²) in [4.78, 5) is 15.3. The summed E-state index contributed by atoms with van der Waals surface area (Å²) >= 11 is 0. The summed E-state index contributed by atoms with van der Waals surface area (Å²) in [5.74, 6) is 1.83. The monoisotopic (exact) mass is 743 g/mol. The SMILES string of the molecule is CC1(C)c2ccccc2-c2c(-c3ccc(-c4ccc5oc6cccc(-c7nc(-c8ccccc8)nc(-c8cccc(-c9ccccc9)c8)n7)c6c5c4)cc3)cccc21. The third kappa shape index (κ3) is 5.56. The van der Waals surface area contributed by atoms with Crippen LogP contribution in [-0.2, 0) is 5.41 Å². The van der Waals surface area contributed by atoms with E-state index in [2.05, 4.69) is 153 Å². The molecular formula is C54H37N3O. The highest BCUT2D eigenvalue weighted by molar-refractivity contribution is 6.12. The second-order valence-corrected chi connectivity index (χ2v) is 15.6. The predicted molar refractivity (Wildman–Crippen MR) is 237 cm³/mol. The molecule has 0 fully saturated rings. The molecule has 0 saturated carbocycles. The van der Waals surface area contributed by atoms with Crippen LogP contribution in [0.25, 0.3) is 101 Å². The molecule has 0 radical (unpaired) electrons. The first-order valence-electron chi connectivity index (χ1n) is 19.8. The highest BCUT2D eigenvalue weighted by Crippen LogP contribution is 2.52. The fourth-order valence-corrected chi connectivity index (χ4v) is 8.84. The van der Waals surface area contributed by atoms with Gasteiger partial charge in [-0.25, -0.2) is 15.0 Å². The van der Waals surface area contributed by atoms with Crippen molar-refractivity contribution >= 4 is 21.9 Å². The Hall–Kier alpha value is -7.43. The molecule has 11 rings (SSSR count). The van der Waals surface area contributed by atoms with Crippen molar-refractivity contribution in [3.05, 3.63) is 199 Å². The van der Waals surface area contributed by atoms with E-state index in [1.165, 1.54) is 33.4 Å². The molecule has 58 heavy (non-hydrogen) atoms. The van der Waals surface area contributed by atoms with E-state index < -0.39 is 0 Å². The van der Waals surface area contributed by atoms with E-state index >= 15 is 0 Å². The van der Waals surface area contributed by atoms with E-state index in [1.54, 1.807) is 0 Å². The van der Waals surface area contributed by atoms with Crippen LogP contribution >= 0.6 is 0 Å². The van der Waals surface area contributed by atoms with Gasteiger partial charge in [-0.15, -0.1) is 0 Å². The zero-order chi connectivity index (χ0) is 38.8. The number of nitrogens with zero attached hydrogens (tertiary/aromatic N) is 3. The van der Waals surface area contributed by atoms with Gasteiger partial charge in [0.05, 0.1) is 0 Å². The van der Waals surface area contributed by atoms with Gasteiger partial charge in [-0.2, -0.15) is 0 Å². The number of benzene rings is 8. The molecular weight excluding hydrogens is 707 g/mol. The summed E-state index contributed by atoms with van der Waals surface area (Å²) < 4.78 is 6.49. The van der Waals surface area contributed by atoms with E-state index in [-0.39, 0.29) is 5.41 Å². The van der Waals surface area contributed by atoms with Crippen LogP contribution in [0.2, 0.25) is 0 Å². The molecule has 0 spiro atoms. The van der Waals surface area contributed by atoms with E-state index in [0.29, 0.717) is 17.5 Å². The average molecular weight is 744 g/mol. The van der Waals surface area contributed by atoms with Gasteiger partial charge in [0, 0.05) is 32.9 Å². The second kappa shape index (κ2) is 13.4. The van der Waals surface area contributed by atoms with Crippen molar-refractivity contribution in [3.63, 3.8) is 0 Å². The number of rotatable bonds is 6. The first-order chi connectivity index (χ1) is 28.5. The zero-order valence-corrected chi connectivity index (χ0v) is 32.1. The van der Waals surface area contributed by atoms with E-state index in [0.717, 1.165) is 60.9 Å². The number of hydrogen-bond donors (Lipinski definition) is 0. The molecule has 1 aliphatic carbocycles. The molecule has 274 valence electrons. The minimum absolute atomic E-state index is 0.0388. The van der Waals surface area contributed by atoms with Crippen LogP contribution in [-0.4, -0.2) is 15.0 Å². The Balaban J connectivity index is 1.02. The lowest BCUT2D eigenvalue weighted by atomic mass is 9.82. The van der Waals surface area contributed by atoms with Gasteiger partial charge in [0.25, 0.3) is 0 Å². The lowest BCUT2D eigenvalue weighted by Crippen LogP contribution is -2.14. The maximum absolute atomic E-state index is 6.49. The highest BCUT2D eigenvalue weighted by Gasteiger charge is 2.36. The molecule has 4 heteroatoms. The van der Waals surface area contributed by atoms with Gasteiger partial charge in [0.2, 0.25) is 0 Å². The van der Waals surface area contributed by atoms with Gasteiger partial charge in [-0.05, 0) is 79.9 Å². The minimum atomic E-state index is -0.0388. The quantitative estimate of drug-likeness (QED) is 0.170. The van der Waals surface area contributed by atoms with Crippen LogP contribution in [0.1, 0.15) is 25.0 Å². The fraction of sp³-hybridized carbons (Fsp3) is 0.0556. The summed E-state index contributed by atoms with van der Waals surface area (Å²) in [6.45, 7) is 4.66. The van der Waals surface area contributed by atoms with Crippen molar-refractivity contribution in [1.29, 1.82) is 0 Å². The van der Waals surface area contributed by atoms with Gasteiger partial charge in [-0.1, -0.05) is 178 Å². The molecule has 10 aromatic rings. The molecule has 0 saturated heterocycles. The van der Waals surface area contributed by atoms with E-state index in [4.69, 9.17) is 19.4 Å². The molecule has 0 amide bonds. The molecule has 2 aromatic heterocycles. The predicted octanol–water partition coefficient (Wildman–Crippen LogP) is 14.1. The standard InChI is InChI=1S/C54H37N3O/c1-54(2)45-23-10-9-20-42(45)49-41(21-12-24-46(49)54)36-28-26-35(27-29-36)39-30-31-47-44(33-39)50-43(22-13-25-48(50)58-47)53-56-51(37-16-7-4-8-17-37)55-52(57-53)40-19-11-18-38(32-40)34-14-5-3-6-15-34/h3-33H,1-2H3. The molecule has 0 atom stereocenters. The lowest BCUT2D eigenvalue weighted by molar-refractivity contribution is 0.660. The topological polar surface area (TPSA) is 51.8 Å². The molecule has 0 N–H and O–H groups in total. The van der Waals surface area contributed by atoms with Crippen LogP contribution < -0.4 is 0 Å². The molecule has 8 aromatic carbocycles. The largest absolute Gasteiger partial charge is 0.456 e.